The number of likely N-dealkylation sites (tertiary alicyclic amines) is 1. The van der Waals surface area contributed by atoms with Crippen LogP contribution >= 0.6 is 0 Å². The summed E-state index contributed by atoms with van der Waals surface area (Å²) < 4.78 is 0. The van der Waals surface area contributed by atoms with Crippen LogP contribution in [0.3, 0.4) is 0 Å². The molecule has 0 radical (unpaired) electrons. The number of quaternary nitrogens is 1. The zero-order chi connectivity index (χ0) is 16.4. The van der Waals surface area contributed by atoms with E-state index in [0.717, 1.165) is 6.54 Å². The Morgan fingerprint density at radius 2 is 1.83 bits per heavy atom. The molecule has 4 rings (SSSR count). The summed E-state index contributed by atoms with van der Waals surface area (Å²) in [5.74, 6) is 0. The standard InChI is InChI=1S/C21H25N3/c1-16-15-20(22-11-14-24-12-5-2-6-13-24)19-10-9-17-7-3-4-8-18(17)21(19)23-16/h3-4,7-10,15H,2,5-6,11-14H2,1H3,(H,22,23)/p+2. The van der Waals surface area contributed by atoms with E-state index in [9.17, 15) is 0 Å². The van der Waals surface area contributed by atoms with E-state index in [4.69, 9.17) is 0 Å². The monoisotopic (exact) mass is 321 g/mol. The Labute approximate surface area is 143 Å². The largest absolute Gasteiger partial charge is 0.379 e. The highest BCUT2D eigenvalue weighted by Gasteiger charge is 2.15. The van der Waals surface area contributed by atoms with Crippen molar-refractivity contribution < 1.29 is 9.88 Å². The van der Waals surface area contributed by atoms with Crippen LogP contribution in [-0.2, 0) is 0 Å². The molecule has 1 saturated heterocycles. The SMILES string of the molecule is Cc1cc(NCC[NH+]2CCCCC2)c2ccc3ccccc3c2[nH+]1. The fraction of sp³-hybridized carbons (Fsp3) is 0.381. The molecule has 3 nitrogen and oxygen atoms in total. The van der Waals surface area contributed by atoms with E-state index in [1.165, 1.54) is 72.0 Å². The Hall–Kier alpha value is -2.13. The molecular formula is C21H27N3+2. The molecule has 124 valence electrons. The number of benzene rings is 2. The van der Waals surface area contributed by atoms with Crippen molar-refractivity contribution in [1.82, 2.24) is 0 Å². The number of aromatic nitrogens is 1. The number of piperidine rings is 1. The number of fused-ring (bicyclic) bond motifs is 3. The molecule has 0 amide bonds. The Balaban J connectivity index is 1.61. The molecule has 1 aromatic heterocycles. The molecule has 1 fully saturated rings. The van der Waals surface area contributed by atoms with Gasteiger partial charge < -0.3 is 10.2 Å². The molecule has 0 spiro atoms. The molecule has 2 heterocycles. The van der Waals surface area contributed by atoms with Crippen LogP contribution in [0.5, 0.6) is 0 Å². The zero-order valence-electron chi connectivity index (χ0n) is 14.5. The highest BCUT2D eigenvalue weighted by Crippen LogP contribution is 2.27. The van der Waals surface area contributed by atoms with Crippen molar-refractivity contribution >= 4 is 27.4 Å². The van der Waals surface area contributed by atoms with Gasteiger partial charge in [0.25, 0.3) is 0 Å². The van der Waals surface area contributed by atoms with Crippen LogP contribution in [0, 0.1) is 6.92 Å². The number of nitrogens with one attached hydrogen (secondary N) is 3. The van der Waals surface area contributed by atoms with Crippen LogP contribution in [0.4, 0.5) is 5.69 Å². The number of hydrogen-bond donors (Lipinski definition) is 2. The third kappa shape index (κ3) is 3.09. The maximum atomic E-state index is 3.70. The molecule has 3 aromatic rings. The van der Waals surface area contributed by atoms with Gasteiger partial charge in [-0.05, 0) is 36.8 Å². The third-order valence-corrected chi connectivity index (χ3v) is 5.26. The molecule has 0 bridgehead atoms. The molecule has 0 saturated carbocycles. The minimum absolute atomic E-state index is 1.04. The van der Waals surface area contributed by atoms with E-state index >= 15 is 0 Å². The van der Waals surface area contributed by atoms with E-state index in [1.807, 2.05) is 0 Å². The topological polar surface area (TPSA) is 30.6 Å². The lowest BCUT2D eigenvalue weighted by Gasteiger charge is -2.23. The van der Waals surface area contributed by atoms with Crippen LogP contribution in [0.25, 0.3) is 21.7 Å². The van der Waals surface area contributed by atoms with Crippen molar-refractivity contribution in [3.05, 3.63) is 48.2 Å². The van der Waals surface area contributed by atoms with E-state index in [0.29, 0.717) is 0 Å². The van der Waals surface area contributed by atoms with E-state index in [2.05, 4.69) is 59.7 Å². The summed E-state index contributed by atoms with van der Waals surface area (Å²) in [6, 6.07) is 15.3. The third-order valence-electron chi connectivity index (χ3n) is 5.26. The number of pyridine rings is 1. The van der Waals surface area contributed by atoms with Gasteiger partial charge >= 0.3 is 0 Å². The lowest BCUT2D eigenvalue weighted by molar-refractivity contribution is -0.903. The predicted octanol–water partition coefficient (Wildman–Crippen LogP) is 2.60. The number of hydrogen-bond acceptors (Lipinski definition) is 1. The maximum absolute atomic E-state index is 3.70. The van der Waals surface area contributed by atoms with Crippen LogP contribution in [-0.4, -0.2) is 26.2 Å². The number of aromatic amines is 1. The average molecular weight is 321 g/mol. The number of H-pyrrole nitrogens is 1. The molecule has 1 aliphatic heterocycles. The second kappa shape index (κ2) is 6.78. The first kappa shape index (κ1) is 15.4. The summed E-state index contributed by atoms with van der Waals surface area (Å²) in [6.07, 6.45) is 4.20. The molecule has 0 atom stereocenters. The van der Waals surface area contributed by atoms with Crippen molar-refractivity contribution in [1.29, 1.82) is 0 Å². The molecule has 3 N–H and O–H groups in total. The van der Waals surface area contributed by atoms with Crippen molar-refractivity contribution in [2.24, 2.45) is 0 Å². The normalized spacial score (nSPS) is 15.9. The minimum Gasteiger partial charge on any atom is -0.379 e. The summed E-state index contributed by atoms with van der Waals surface area (Å²) in [7, 11) is 0. The summed E-state index contributed by atoms with van der Waals surface area (Å²) in [4.78, 5) is 5.32. The molecule has 2 aromatic carbocycles. The van der Waals surface area contributed by atoms with Gasteiger partial charge in [-0.2, -0.15) is 0 Å². The Kier molecular flexibility index (Phi) is 4.35. The van der Waals surface area contributed by atoms with Crippen molar-refractivity contribution in [3.8, 4) is 0 Å². The lowest BCUT2D eigenvalue weighted by Crippen LogP contribution is -3.13. The highest BCUT2D eigenvalue weighted by molar-refractivity contribution is 6.07. The molecular weight excluding hydrogens is 294 g/mol. The van der Waals surface area contributed by atoms with Gasteiger partial charge in [0.15, 0.2) is 5.69 Å². The average Bonchev–Trinajstić information content (AvgIpc) is 2.62. The van der Waals surface area contributed by atoms with Gasteiger partial charge in [0.1, 0.15) is 0 Å². The molecule has 0 aliphatic carbocycles. The first-order valence-electron chi connectivity index (χ1n) is 9.23. The van der Waals surface area contributed by atoms with E-state index in [1.54, 1.807) is 4.90 Å². The van der Waals surface area contributed by atoms with Gasteiger partial charge in [-0.1, -0.05) is 24.3 Å². The minimum atomic E-state index is 1.04. The molecule has 3 heteroatoms. The Bertz CT molecular complexity index is 850. The fourth-order valence-electron chi connectivity index (χ4n) is 3.98. The summed E-state index contributed by atoms with van der Waals surface area (Å²) in [5.41, 5.74) is 3.69. The zero-order valence-corrected chi connectivity index (χ0v) is 14.5. The Morgan fingerprint density at radius 3 is 2.71 bits per heavy atom. The van der Waals surface area contributed by atoms with Crippen LogP contribution in [0.1, 0.15) is 25.0 Å². The number of aryl methyl sites for hydroxylation is 1. The molecule has 1 aliphatic rings. The first-order valence-corrected chi connectivity index (χ1v) is 9.23. The van der Waals surface area contributed by atoms with Gasteiger partial charge in [-0.25, -0.2) is 4.98 Å². The molecule has 0 unspecified atom stereocenters. The quantitative estimate of drug-likeness (QED) is 0.711. The van der Waals surface area contributed by atoms with Crippen LogP contribution < -0.4 is 15.2 Å². The van der Waals surface area contributed by atoms with Crippen molar-refractivity contribution in [3.63, 3.8) is 0 Å². The highest BCUT2D eigenvalue weighted by atomic mass is 15.1. The van der Waals surface area contributed by atoms with E-state index in [-0.39, 0.29) is 0 Å². The first-order chi connectivity index (χ1) is 11.8. The van der Waals surface area contributed by atoms with Crippen LogP contribution in [0.2, 0.25) is 0 Å². The van der Waals surface area contributed by atoms with E-state index < -0.39 is 0 Å². The second-order valence-electron chi connectivity index (χ2n) is 7.06. The number of anilines is 1. The van der Waals surface area contributed by atoms with Crippen molar-refractivity contribution in [2.45, 2.75) is 26.2 Å². The second-order valence-corrected chi connectivity index (χ2v) is 7.06. The summed E-state index contributed by atoms with van der Waals surface area (Å²) in [5, 5.41) is 7.57. The predicted molar refractivity (Wildman–Crippen MR) is 101 cm³/mol. The fourth-order valence-corrected chi connectivity index (χ4v) is 3.98. The maximum Gasteiger partial charge on any atom is 0.221 e. The molecule has 24 heavy (non-hydrogen) atoms. The number of rotatable bonds is 4. The lowest BCUT2D eigenvalue weighted by atomic mass is 10.0. The van der Waals surface area contributed by atoms with Gasteiger partial charge in [-0.3, -0.25) is 0 Å². The smallest absolute Gasteiger partial charge is 0.221 e. The van der Waals surface area contributed by atoms with Gasteiger partial charge in [-0.15, -0.1) is 0 Å². The summed E-state index contributed by atoms with van der Waals surface area (Å²) in [6.45, 7) is 7.08. The van der Waals surface area contributed by atoms with Gasteiger partial charge in [0.2, 0.25) is 5.52 Å². The van der Waals surface area contributed by atoms with Gasteiger partial charge in [0.05, 0.1) is 42.6 Å². The Morgan fingerprint density at radius 1 is 1.00 bits per heavy atom. The summed E-state index contributed by atoms with van der Waals surface area (Å²) >= 11 is 0. The van der Waals surface area contributed by atoms with Crippen molar-refractivity contribution in [2.75, 3.05) is 31.5 Å². The van der Waals surface area contributed by atoms with Gasteiger partial charge in [0, 0.05) is 13.0 Å². The van der Waals surface area contributed by atoms with Crippen LogP contribution in [0.15, 0.2) is 42.5 Å².